The second-order valence-electron chi connectivity index (χ2n) is 5.09. The monoisotopic (exact) mass is 378 g/mol. The van der Waals surface area contributed by atoms with Crippen LogP contribution in [0.2, 0.25) is 0 Å². The average molecular weight is 379 g/mol. The molecule has 0 aromatic carbocycles. The lowest BCUT2D eigenvalue weighted by atomic mass is 10.2. The van der Waals surface area contributed by atoms with E-state index in [-0.39, 0.29) is 18.5 Å². The Morgan fingerprint density at radius 1 is 1.25 bits per heavy atom. The molecule has 3 amide bonds. The van der Waals surface area contributed by atoms with Gasteiger partial charge in [-0.2, -0.15) is 0 Å². The molecule has 0 radical (unpaired) electrons. The summed E-state index contributed by atoms with van der Waals surface area (Å²) >= 11 is 3.90. The standard InChI is InChI=1S/C16H14N2O3S3/c1-10(12-5-3-7-23-12)17-14(19)9-18-15(20)13(24-16(18)21)8-11-4-2-6-22-11/h2-8,10H,9H2,1H3,(H,17,19)/b13-8-. The zero-order valence-electron chi connectivity index (χ0n) is 12.7. The van der Waals surface area contributed by atoms with Crippen LogP contribution in [-0.4, -0.2) is 28.5 Å². The SMILES string of the molecule is CC(NC(=O)CN1C(=O)S/C(=C\c2cccs2)C1=O)c1cccs1. The highest BCUT2D eigenvalue weighted by Gasteiger charge is 2.36. The zero-order valence-corrected chi connectivity index (χ0v) is 15.2. The van der Waals surface area contributed by atoms with Crippen molar-refractivity contribution in [3.63, 3.8) is 0 Å². The van der Waals surface area contributed by atoms with Crippen LogP contribution in [0.25, 0.3) is 6.08 Å². The molecular weight excluding hydrogens is 364 g/mol. The molecule has 2 aromatic heterocycles. The van der Waals surface area contributed by atoms with Crippen molar-refractivity contribution in [2.45, 2.75) is 13.0 Å². The summed E-state index contributed by atoms with van der Waals surface area (Å²) in [6, 6.07) is 7.43. The van der Waals surface area contributed by atoms with E-state index < -0.39 is 11.1 Å². The maximum Gasteiger partial charge on any atom is 0.294 e. The second kappa shape index (κ2) is 7.33. The minimum atomic E-state index is -0.419. The third kappa shape index (κ3) is 3.77. The molecule has 2 aromatic rings. The third-order valence-corrected chi connectivity index (χ3v) is 6.12. The van der Waals surface area contributed by atoms with Crippen molar-refractivity contribution in [3.05, 3.63) is 49.7 Å². The largest absolute Gasteiger partial charge is 0.347 e. The van der Waals surface area contributed by atoms with Crippen molar-refractivity contribution < 1.29 is 14.4 Å². The van der Waals surface area contributed by atoms with Gasteiger partial charge in [0.1, 0.15) is 6.54 Å². The fourth-order valence-corrected chi connectivity index (χ4v) is 4.47. The highest BCUT2D eigenvalue weighted by molar-refractivity contribution is 8.18. The normalized spacial score (nSPS) is 17.5. The number of nitrogens with one attached hydrogen (secondary N) is 1. The first kappa shape index (κ1) is 16.9. The minimum Gasteiger partial charge on any atom is -0.347 e. The van der Waals surface area contributed by atoms with Crippen molar-refractivity contribution in [2.24, 2.45) is 0 Å². The van der Waals surface area contributed by atoms with Crippen LogP contribution in [-0.2, 0) is 9.59 Å². The molecule has 1 aliphatic heterocycles. The van der Waals surface area contributed by atoms with Gasteiger partial charge in [-0.25, -0.2) is 0 Å². The van der Waals surface area contributed by atoms with Gasteiger partial charge in [0, 0.05) is 9.75 Å². The number of thioether (sulfide) groups is 1. The molecule has 124 valence electrons. The van der Waals surface area contributed by atoms with Gasteiger partial charge in [-0.05, 0) is 47.7 Å². The number of carbonyl (C=O) groups is 3. The fraction of sp³-hybridized carbons (Fsp3) is 0.188. The molecule has 3 rings (SSSR count). The van der Waals surface area contributed by atoms with E-state index in [0.717, 1.165) is 26.4 Å². The highest BCUT2D eigenvalue weighted by Crippen LogP contribution is 2.32. The number of thiophene rings is 2. The van der Waals surface area contributed by atoms with Gasteiger partial charge < -0.3 is 5.32 Å². The van der Waals surface area contributed by atoms with Crippen LogP contribution < -0.4 is 5.32 Å². The summed E-state index contributed by atoms with van der Waals surface area (Å²) in [7, 11) is 0. The first-order chi connectivity index (χ1) is 11.5. The summed E-state index contributed by atoms with van der Waals surface area (Å²) in [5, 5.41) is 6.23. The van der Waals surface area contributed by atoms with Crippen molar-refractivity contribution in [1.82, 2.24) is 10.2 Å². The van der Waals surface area contributed by atoms with Crippen molar-refractivity contribution in [3.8, 4) is 0 Å². The van der Waals surface area contributed by atoms with Crippen LogP contribution in [0.1, 0.15) is 22.7 Å². The van der Waals surface area contributed by atoms with E-state index in [1.165, 1.54) is 11.3 Å². The summed E-state index contributed by atoms with van der Waals surface area (Å²) in [6.45, 7) is 1.61. The lowest BCUT2D eigenvalue weighted by molar-refractivity contribution is -0.129. The lowest BCUT2D eigenvalue weighted by Crippen LogP contribution is -2.40. The van der Waals surface area contributed by atoms with Gasteiger partial charge in [-0.3, -0.25) is 19.3 Å². The van der Waals surface area contributed by atoms with E-state index in [1.54, 1.807) is 17.4 Å². The Balaban J connectivity index is 1.63. The number of amides is 3. The predicted octanol–water partition coefficient (Wildman–Crippen LogP) is 3.72. The maximum absolute atomic E-state index is 12.3. The minimum absolute atomic E-state index is 0.154. The molecular formula is C16H14N2O3S3. The van der Waals surface area contributed by atoms with E-state index in [2.05, 4.69) is 5.32 Å². The van der Waals surface area contributed by atoms with Crippen molar-refractivity contribution >= 4 is 57.6 Å². The number of nitrogens with zero attached hydrogens (tertiary/aromatic N) is 1. The molecule has 0 aliphatic carbocycles. The number of hydrogen-bond donors (Lipinski definition) is 1. The summed E-state index contributed by atoms with van der Waals surface area (Å²) in [5.74, 6) is -0.770. The molecule has 0 bridgehead atoms. The molecule has 0 spiro atoms. The van der Waals surface area contributed by atoms with Gasteiger partial charge in [0.15, 0.2) is 0 Å². The first-order valence-electron chi connectivity index (χ1n) is 7.16. The van der Waals surface area contributed by atoms with Crippen LogP contribution >= 0.6 is 34.4 Å². The van der Waals surface area contributed by atoms with Crippen LogP contribution in [0.4, 0.5) is 4.79 Å². The number of carbonyl (C=O) groups excluding carboxylic acids is 3. The Morgan fingerprint density at radius 2 is 2.00 bits per heavy atom. The second-order valence-corrected chi connectivity index (χ2v) is 8.04. The van der Waals surface area contributed by atoms with Crippen LogP contribution in [0.15, 0.2) is 39.9 Å². The fourth-order valence-electron chi connectivity index (χ4n) is 2.18. The summed E-state index contributed by atoms with van der Waals surface area (Å²) in [4.78, 5) is 39.8. The first-order valence-corrected chi connectivity index (χ1v) is 9.74. The Kier molecular flexibility index (Phi) is 5.17. The van der Waals surface area contributed by atoms with Crippen LogP contribution in [0, 0.1) is 0 Å². The van der Waals surface area contributed by atoms with Gasteiger partial charge in [0.25, 0.3) is 11.1 Å². The smallest absolute Gasteiger partial charge is 0.294 e. The Bertz CT molecular complexity index is 782. The molecule has 1 saturated heterocycles. The number of rotatable bonds is 5. The predicted molar refractivity (Wildman–Crippen MR) is 97.9 cm³/mol. The molecule has 1 aliphatic rings. The van der Waals surface area contributed by atoms with E-state index in [0.29, 0.717) is 4.91 Å². The molecule has 8 heteroatoms. The van der Waals surface area contributed by atoms with Crippen molar-refractivity contribution in [2.75, 3.05) is 6.54 Å². The summed E-state index contributed by atoms with van der Waals surface area (Å²) in [5.41, 5.74) is 0. The molecule has 3 heterocycles. The Morgan fingerprint density at radius 3 is 2.67 bits per heavy atom. The molecule has 1 atom stereocenters. The lowest BCUT2D eigenvalue weighted by Gasteiger charge is -2.16. The van der Waals surface area contributed by atoms with Crippen LogP contribution in [0.5, 0.6) is 0 Å². The quantitative estimate of drug-likeness (QED) is 0.805. The maximum atomic E-state index is 12.3. The molecule has 0 saturated carbocycles. The molecule has 1 fully saturated rings. The topological polar surface area (TPSA) is 66.5 Å². The molecule has 1 N–H and O–H groups in total. The van der Waals surface area contributed by atoms with E-state index in [9.17, 15) is 14.4 Å². The van der Waals surface area contributed by atoms with Gasteiger partial charge in [-0.1, -0.05) is 12.1 Å². The molecule has 5 nitrogen and oxygen atoms in total. The van der Waals surface area contributed by atoms with E-state index in [1.807, 2.05) is 41.9 Å². The number of hydrogen-bond acceptors (Lipinski definition) is 6. The number of imide groups is 1. The van der Waals surface area contributed by atoms with E-state index in [4.69, 9.17) is 0 Å². The van der Waals surface area contributed by atoms with Gasteiger partial charge >= 0.3 is 0 Å². The average Bonchev–Trinajstić information content (AvgIpc) is 3.27. The van der Waals surface area contributed by atoms with Gasteiger partial charge in [-0.15, -0.1) is 22.7 Å². The zero-order chi connectivity index (χ0) is 17.1. The van der Waals surface area contributed by atoms with Crippen molar-refractivity contribution in [1.29, 1.82) is 0 Å². The summed E-state index contributed by atoms with van der Waals surface area (Å²) < 4.78 is 0. The van der Waals surface area contributed by atoms with Gasteiger partial charge in [0.05, 0.1) is 10.9 Å². The van der Waals surface area contributed by atoms with Gasteiger partial charge in [0.2, 0.25) is 5.91 Å². The third-order valence-electron chi connectivity index (χ3n) is 3.34. The van der Waals surface area contributed by atoms with Crippen LogP contribution in [0.3, 0.4) is 0 Å². The Labute approximate surface area is 151 Å². The van der Waals surface area contributed by atoms with E-state index >= 15 is 0 Å². The summed E-state index contributed by atoms with van der Waals surface area (Å²) in [6.07, 6.45) is 1.68. The Hall–Kier alpha value is -1.90. The molecule has 1 unspecified atom stereocenters. The highest BCUT2D eigenvalue weighted by atomic mass is 32.2. The molecule has 24 heavy (non-hydrogen) atoms.